The molecule has 6 nitrogen and oxygen atoms in total. The highest BCUT2D eigenvalue weighted by Crippen LogP contribution is 2.27. The van der Waals surface area contributed by atoms with Gasteiger partial charge in [0, 0.05) is 6.54 Å². The molecule has 0 aliphatic carbocycles. The summed E-state index contributed by atoms with van der Waals surface area (Å²) in [6.45, 7) is 3.87. The minimum Gasteiger partial charge on any atom is -0.349 e. The number of aryl methyl sites for hydroxylation is 1. The van der Waals surface area contributed by atoms with Crippen molar-refractivity contribution >= 4 is 21.8 Å². The van der Waals surface area contributed by atoms with Gasteiger partial charge in [0.1, 0.15) is 17.4 Å². The molecule has 2 rings (SSSR count). The first-order chi connectivity index (χ1) is 11.8. The van der Waals surface area contributed by atoms with E-state index in [0.717, 1.165) is 0 Å². The zero-order chi connectivity index (χ0) is 18.7. The summed E-state index contributed by atoms with van der Waals surface area (Å²) in [6.07, 6.45) is -4.44. The number of hydrogen-bond donors (Lipinski definition) is 1. The molecule has 1 amide bonds. The molecule has 11 heteroatoms. The lowest BCUT2D eigenvalue weighted by Crippen LogP contribution is -2.32. The van der Waals surface area contributed by atoms with Crippen molar-refractivity contribution in [2.24, 2.45) is 0 Å². The number of halogens is 5. The van der Waals surface area contributed by atoms with Crippen molar-refractivity contribution in [3.8, 4) is 0 Å². The van der Waals surface area contributed by atoms with Crippen LogP contribution in [-0.2, 0) is 17.9 Å². The van der Waals surface area contributed by atoms with Crippen LogP contribution in [-0.4, -0.2) is 25.5 Å². The third kappa shape index (κ3) is 4.20. The van der Waals surface area contributed by atoms with E-state index in [9.17, 15) is 22.4 Å². The quantitative estimate of drug-likeness (QED) is 0.689. The van der Waals surface area contributed by atoms with Crippen LogP contribution < -0.4 is 5.32 Å². The Morgan fingerprint density at radius 2 is 2.00 bits per heavy atom. The van der Waals surface area contributed by atoms with Gasteiger partial charge in [-0.2, -0.15) is 10.2 Å². The van der Waals surface area contributed by atoms with Crippen molar-refractivity contribution in [3.05, 3.63) is 33.8 Å². The molecular weight excluding hydrogens is 410 g/mol. The Hall–Kier alpha value is -1.91. The number of alkyl halides is 4. The minimum atomic E-state index is -3.02. The molecule has 0 bridgehead atoms. The van der Waals surface area contributed by atoms with Gasteiger partial charge in [-0.25, -0.2) is 17.6 Å². The molecule has 0 spiro atoms. The largest absolute Gasteiger partial charge is 0.349 e. The number of amides is 1. The van der Waals surface area contributed by atoms with E-state index >= 15 is 0 Å². The number of hydrogen-bond acceptors (Lipinski definition) is 3. The molecule has 2 aromatic heterocycles. The third-order valence-corrected chi connectivity index (χ3v) is 4.27. The van der Waals surface area contributed by atoms with Gasteiger partial charge in [-0.05, 0) is 35.8 Å². The smallest absolute Gasteiger partial charge is 0.282 e. The Balaban J connectivity index is 2.15. The average molecular weight is 426 g/mol. The maximum atomic E-state index is 13.0. The third-order valence-electron chi connectivity index (χ3n) is 3.60. The lowest BCUT2D eigenvalue weighted by molar-refractivity contribution is -0.124. The zero-order valence-corrected chi connectivity index (χ0v) is 15.0. The maximum absolute atomic E-state index is 13.0. The fourth-order valence-electron chi connectivity index (χ4n) is 2.27. The van der Waals surface area contributed by atoms with E-state index in [1.807, 2.05) is 6.92 Å². The molecule has 138 valence electrons. The van der Waals surface area contributed by atoms with Crippen LogP contribution in [0.25, 0.3) is 0 Å². The van der Waals surface area contributed by atoms with Gasteiger partial charge in [0.25, 0.3) is 12.9 Å². The van der Waals surface area contributed by atoms with Crippen molar-refractivity contribution in [3.63, 3.8) is 0 Å². The van der Waals surface area contributed by atoms with Crippen LogP contribution >= 0.6 is 15.9 Å². The van der Waals surface area contributed by atoms with Gasteiger partial charge in [0.2, 0.25) is 5.91 Å². The van der Waals surface area contributed by atoms with E-state index in [0.29, 0.717) is 27.5 Å². The Morgan fingerprint density at radius 1 is 1.32 bits per heavy atom. The molecule has 1 N–H and O–H groups in total. The van der Waals surface area contributed by atoms with Crippen LogP contribution in [0.2, 0.25) is 0 Å². The highest BCUT2D eigenvalue weighted by Gasteiger charge is 2.27. The fourth-order valence-corrected chi connectivity index (χ4v) is 2.71. The summed E-state index contributed by atoms with van der Waals surface area (Å²) in [6, 6.07) is -0.560. The number of carbonyl (C=O) groups excluding carboxylic acids is 1. The first kappa shape index (κ1) is 19.4. The van der Waals surface area contributed by atoms with Gasteiger partial charge in [-0.15, -0.1) is 0 Å². The number of rotatable bonds is 7. The summed E-state index contributed by atoms with van der Waals surface area (Å²) in [5.74, 6) is -0.624. The SMILES string of the molecule is CCn1ncc(Br)c1CNC(=O)C(C)n1nc(C(F)F)cc1C(F)F. The topological polar surface area (TPSA) is 64.7 Å². The monoisotopic (exact) mass is 425 g/mol. The van der Waals surface area contributed by atoms with Gasteiger partial charge < -0.3 is 5.32 Å². The Bertz CT molecular complexity index is 746. The van der Waals surface area contributed by atoms with Crippen molar-refractivity contribution in [2.75, 3.05) is 0 Å². The summed E-state index contributed by atoms with van der Waals surface area (Å²) in [5, 5.41) is 10.1. The summed E-state index contributed by atoms with van der Waals surface area (Å²) >= 11 is 3.31. The van der Waals surface area contributed by atoms with E-state index in [-0.39, 0.29) is 6.54 Å². The standard InChI is InChI=1S/C14H16BrF4N5O/c1-3-23-11(8(15)5-21-23)6-20-14(25)7(2)24-10(13(18)19)4-9(22-24)12(16)17/h4-5,7,12-13H,3,6H2,1-2H3,(H,20,25). The molecule has 0 aliphatic rings. The van der Waals surface area contributed by atoms with Crippen molar-refractivity contribution < 1.29 is 22.4 Å². The van der Waals surface area contributed by atoms with E-state index in [1.165, 1.54) is 6.92 Å². The normalized spacial score (nSPS) is 12.8. The Morgan fingerprint density at radius 3 is 2.56 bits per heavy atom. The molecule has 0 saturated heterocycles. The van der Waals surface area contributed by atoms with Crippen LogP contribution in [0.1, 0.15) is 49.8 Å². The Kier molecular flexibility index (Phi) is 6.20. The minimum absolute atomic E-state index is 0.102. The highest BCUT2D eigenvalue weighted by molar-refractivity contribution is 9.10. The van der Waals surface area contributed by atoms with Gasteiger partial charge in [-0.3, -0.25) is 14.2 Å². The molecule has 25 heavy (non-hydrogen) atoms. The number of nitrogens with zero attached hydrogens (tertiary/aromatic N) is 4. The van der Waals surface area contributed by atoms with Crippen molar-refractivity contribution in [2.45, 2.75) is 45.8 Å². The van der Waals surface area contributed by atoms with Gasteiger partial charge in [0.15, 0.2) is 0 Å². The van der Waals surface area contributed by atoms with Crippen LogP contribution in [0.15, 0.2) is 16.7 Å². The second-order valence-corrected chi connectivity index (χ2v) is 6.04. The summed E-state index contributed by atoms with van der Waals surface area (Å²) in [5.41, 5.74) is -0.814. The Labute approximate surface area is 149 Å². The van der Waals surface area contributed by atoms with E-state index in [1.54, 1.807) is 10.9 Å². The van der Waals surface area contributed by atoms with E-state index < -0.39 is 36.2 Å². The lowest BCUT2D eigenvalue weighted by atomic mass is 10.3. The lowest BCUT2D eigenvalue weighted by Gasteiger charge is -2.16. The van der Waals surface area contributed by atoms with Crippen LogP contribution in [0.5, 0.6) is 0 Å². The summed E-state index contributed by atoms with van der Waals surface area (Å²) in [7, 11) is 0. The molecule has 2 heterocycles. The average Bonchev–Trinajstić information content (AvgIpc) is 3.15. The zero-order valence-electron chi connectivity index (χ0n) is 13.4. The van der Waals surface area contributed by atoms with Gasteiger partial charge in [-0.1, -0.05) is 0 Å². The second kappa shape index (κ2) is 7.98. The van der Waals surface area contributed by atoms with Gasteiger partial charge in [0.05, 0.1) is 22.9 Å². The first-order valence-electron chi connectivity index (χ1n) is 7.39. The molecule has 1 unspecified atom stereocenters. The molecule has 0 aromatic carbocycles. The van der Waals surface area contributed by atoms with Crippen LogP contribution in [0, 0.1) is 0 Å². The molecular formula is C14H16BrF4N5O. The molecule has 0 saturated carbocycles. The van der Waals surface area contributed by atoms with Gasteiger partial charge >= 0.3 is 0 Å². The van der Waals surface area contributed by atoms with E-state index in [2.05, 4.69) is 31.4 Å². The van der Waals surface area contributed by atoms with Crippen LogP contribution in [0.4, 0.5) is 17.6 Å². The molecule has 0 radical (unpaired) electrons. The number of nitrogens with one attached hydrogen (secondary N) is 1. The first-order valence-corrected chi connectivity index (χ1v) is 8.19. The molecule has 2 aromatic rings. The summed E-state index contributed by atoms with van der Waals surface area (Å²) < 4.78 is 54.5. The molecule has 0 aliphatic heterocycles. The van der Waals surface area contributed by atoms with E-state index in [4.69, 9.17) is 0 Å². The summed E-state index contributed by atoms with van der Waals surface area (Å²) in [4.78, 5) is 12.3. The molecule has 0 fully saturated rings. The highest BCUT2D eigenvalue weighted by atomic mass is 79.9. The predicted octanol–water partition coefficient (Wildman–Crippen LogP) is 3.61. The molecule has 1 atom stereocenters. The number of carbonyl (C=O) groups is 1. The predicted molar refractivity (Wildman–Crippen MR) is 84.3 cm³/mol. The van der Waals surface area contributed by atoms with Crippen molar-refractivity contribution in [1.29, 1.82) is 0 Å². The maximum Gasteiger partial charge on any atom is 0.282 e. The van der Waals surface area contributed by atoms with Crippen LogP contribution in [0.3, 0.4) is 0 Å². The number of aromatic nitrogens is 4. The van der Waals surface area contributed by atoms with Crippen molar-refractivity contribution in [1.82, 2.24) is 24.9 Å². The fraction of sp³-hybridized carbons (Fsp3) is 0.500. The second-order valence-electron chi connectivity index (χ2n) is 5.19.